The number of nitrogens with two attached hydrogens (primary N) is 2. The lowest BCUT2D eigenvalue weighted by Gasteiger charge is -2.14. The van der Waals surface area contributed by atoms with E-state index in [9.17, 15) is 9.90 Å². The molecule has 0 radical (unpaired) electrons. The van der Waals surface area contributed by atoms with E-state index >= 15 is 0 Å². The summed E-state index contributed by atoms with van der Waals surface area (Å²) in [5.41, 5.74) is 13.0. The number of carboxylic acid groups (broad SMARTS) is 1. The average Bonchev–Trinajstić information content (AvgIpc) is 2.82. The number of rotatable bonds is 6. The molecule has 1 heterocycles. The molecule has 0 spiro atoms. The van der Waals surface area contributed by atoms with E-state index in [0.717, 1.165) is 18.2 Å². The number of benzene rings is 2. The largest absolute Gasteiger partial charge is 0.872 e. The number of hydrogen-bond donors (Lipinski definition) is 4. The predicted molar refractivity (Wildman–Crippen MR) is 120 cm³/mol. The Labute approximate surface area is 191 Å². The summed E-state index contributed by atoms with van der Waals surface area (Å²) in [5.74, 6) is 0.788. The fraction of sp³-hybridized carbons (Fsp3) is 0.227. The number of carbonyl (C=O) groups is 1. The number of nitrogens with zero attached hydrogens (tertiary/aromatic N) is 1. The van der Waals surface area contributed by atoms with Crippen LogP contribution in [-0.2, 0) is 6.42 Å². The summed E-state index contributed by atoms with van der Waals surface area (Å²) in [5, 5.41) is 26.0. The molecule has 0 unspecified atom stereocenters. The molecule has 0 aliphatic heterocycles. The van der Waals surface area contributed by atoms with Gasteiger partial charge in [-0.2, -0.15) is 0 Å². The van der Waals surface area contributed by atoms with Crippen LogP contribution in [0.25, 0.3) is 0 Å². The molecule has 11 nitrogen and oxygen atoms in total. The number of aliphatic hydroxyl groups excluding tert-OH is 1. The third-order valence-electron chi connectivity index (χ3n) is 4.20. The van der Waals surface area contributed by atoms with Crippen molar-refractivity contribution in [2.24, 2.45) is 0 Å². The maximum absolute atomic E-state index is 10.7. The molecule has 178 valence electrons. The predicted octanol–water partition coefficient (Wildman–Crippen LogP) is 0.744. The van der Waals surface area contributed by atoms with Crippen molar-refractivity contribution in [2.45, 2.75) is 6.42 Å². The number of ether oxygens (including phenoxy) is 3. The number of anilines is 2. The highest BCUT2D eigenvalue weighted by Gasteiger charge is 2.15. The van der Waals surface area contributed by atoms with Crippen molar-refractivity contribution in [1.82, 2.24) is 4.98 Å². The zero-order valence-electron chi connectivity index (χ0n) is 18.8. The molecular weight excluding hydrogens is 432 g/mol. The van der Waals surface area contributed by atoms with Gasteiger partial charge in [-0.15, -0.1) is 0 Å². The Bertz CT molecular complexity index is 1040. The zero-order valence-corrected chi connectivity index (χ0v) is 18.8. The molecule has 0 aliphatic rings. The van der Waals surface area contributed by atoms with Gasteiger partial charge in [0.2, 0.25) is 11.6 Å². The molecule has 3 rings (SSSR count). The molecule has 3 aromatic rings. The highest BCUT2D eigenvalue weighted by Crippen LogP contribution is 2.38. The lowest BCUT2D eigenvalue weighted by atomic mass is 10.1. The normalized spacial score (nSPS) is 9.48. The van der Waals surface area contributed by atoms with Gasteiger partial charge in [-0.25, -0.2) is 9.78 Å². The average molecular weight is 460 g/mol. The summed E-state index contributed by atoms with van der Waals surface area (Å²) < 4.78 is 15.9. The van der Waals surface area contributed by atoms with Crippen LogP contribution in [0.3, 0.4) is 0 Å². The van der Waals surface area contributed by atoms with Gasteiger partial charge in [0, 0.05) is 19.1 Å². The Morgan fingerprint density at radius 1 is 1.06 bits per heavy atom. The summed E-state index contributed by atoms with van der Waals surface area (Å²) in [6.07, 6.45) is 2.30. The zero-order chi connectivity index (χ0) is 25.0. The van der Waals surface area contributed by atoms with Crippen LogP contribution in [0.2, 0.25) is 0 Å². The third-order valence-corrected chi connectivity index (χ3v) is 4.20. The number of H-pyrrole nitrogens is 1. The second-order valence-corrected chi connectivity index (χ2v) is 6.21. The number of nitrogens with one attached hydrogen (secondary N) is 1. The van der Waals surface area contributed by atoms with Crippen LogP contribution < -0.4 is 35.8 Å². The number of aromatic nitrogens is 2. The highest BCUT2D eigenvalue weighted by atomic mass is 16.5. The van der Waals surface area contributed by atoms with E-state index in [2.05, 4.69) is 9.97 Å². The maximum atomic E-state index is 10.7. The van der Waals surface area contributed by atoms with Crippen LogP contribution in [0, 0.1) is 0 Å². The SMILES string of the molecule is CO.COc1cc(Cc2c[nH+]c(N)nc2N)cc(OC)c1OC.O=C(O)c1ccccc1[O-]. The quantitative estimate of drug-likeness (QED) is 0.408. The van der Waals surface area contributed by atoms with Crippen molar-refractivity contribution in [1.29, 1.82) is 0 Å². The lowest BCUT2D eigenvalue weighted by Crippen LogP contribution is -2.16. The number of aliphatic hydroxyl groups is 1. The Morgan fingerprint density at radius 2 is 1.64 bits per heavy atom. The van der Waals surface area contributed by atoms with Crippen molar-refractivity contribution in [3.05, 3.63) is 59.3 Å². The Hall–Kier alpha value is -4.25. The van der Waals surface area contributed by atoms with Crippen LogP contribution in [0.4, 0.5) is 11.8 Å². The molecule has 11 heteroatoms. The molecule has 33 heavy (non-hydrogen) atoms. The van der Waals surface area contributed by atoms with E-state index in [0.29, 0.717) is 29.5 Å². The van der Waals surface area contributed by atoms with Gasteiger partial charge >= 0.3 is 11.9 Å². The Kier molecular flexibility index (Phi) is 10.7. The fourth-order valence-corrected chi connectivity index (χ4v) is 2.71. The molecular formula is C22H28N4O7. The lowest BCUT2D eigenvalue weighted by molar-refractivity contribution is -0.364. The first-order valence-corrected chi connectivity index (χ1v) is 9.46. The summed E-state index contributed by atoms with van der Waals surface area (Å²) >= 11 is 0. The van der Waals surface area contributed by atoms with Gasteiger partial charge in [-0.3, -0.25) is 5.73 Å². The first kappa shape index (κ1) is 26.8. The van der Waals surface area contributed by atoms with E-state index in [4.69, 9.17) is 35.9 Å². The van der Waals surface area contributed by atoms with Crippen molar-refractivity contribution < 1.29 is 39.3 Å². The third kappa shape index (κ3) is 7.43. The maximum Gasteiger partial charge on any atom is 0.388 e. The van der Waals surface area contributed by atoms with Crippen LogP contribution in [-0.4, -0.2) is 49.6 Å². The summed E-state index contributed by atoms with van der Waals surface area (Å²) in [4.78, 5) is 17.1. The van der Waals surface area contributed by atoms with Gasteiger partial charge < -0.3 is 35.3 Å². The van der Waals surface area contributed by atoms with Crippen molar-refractivity contribution in [3.63, 3.8) is 0 Å². The van der Waals surface area contributed by atoms with Crippen molar-refractivity contribution in [3.8, 4) is 23.0 Å². The second kappa shape index (κ2) is 13.2. The molecule has 0 fully saturated rings. The van der Waals surface area contributed by atoms with Gasteiger partial charge in [0.25, 0.3) is 0 Å². The first-order chi connectivity index (χ1) is 15.8. The number of para-hydroxylation sites is 1. The number of aromatic carboxylic acids is 1. The molecule has 0 bridgehead atoms. The molecule has 0 amide bonds. The van der Waals surface area contributed by atoms with Gasteiger partial charge in [-0.05, 0) is 23.8 Å². The van der Waals surface area contributed by atoms with Crippen LogP contribution >= 0.6 is 0 Å². The minimum Gasteiger partial charge on any atom is -0.872 e. The minimum absolute atomic E-state index is 0.178. The van der Waals surface area contributed by atoms with Crippen molar-refractivity contribution in [2.75, 3.05) is 39.9 Å². The van der Waals surface area contributed by atoms with Gasteiger partial charge in [-0.1, -0.05) is 28.9 Å². The highest BCUT2D eigenvalue weighted by molar-refractivity contribution is 5.90. The molecule has 0 saturated heterocycles. The molecule has 0 atom stereocenters. The standard InChI is InChI=1S/C14H18N4O3.C7H6O3.CH4O/c1-19-10-5-8(6-11(20-2)12(10)21-3)4-9-7-17-14(16)18-13(9)15;8-6-4-2-1-3-5(6)7(9)10;1-2/h5-7H,4H2,1-3H3,(H4,15,16,17,18);1-4,8H,(H,9,10);2H,1H3. The smallest absolute Gasteiger partial charge is 0.388 e. The van der Waals surface area contributed by atoms with E-state index in [1.807, 2.05) is 12.1 Å². The molecule has 7 N–H and O–H groups in total. The monoisotopic (exact) mass is 460 g/mol. The van der Waals surface area contributed by atoms with Gasteiger partial charge in [0.1, 0.15) is 0 Å². The van der Waals surface area contributed by atoms with Crippen LogP contribution in [0.1, 0.15) is 21.5 Å². The van der Waals surface area contributed by atoms with Crippen molar-refractivity contribution >= 4 is 17.7 Å². The number of carboxylic acids is 1. The van der Waals surface area contributed by atoms with Crippen LogP contribution in [0.5, 0.6) is 23.0 Å². The van der Waals surface area contributed by atoms with E-state index in [-0.39, 0.29) is 11.5 Å². The summed E-state index contributed by atoms with van der Waals surface area (Å²) in [6.45, 7) is 0. The Morgan fingerprint density at radius 3 is 2.06 bits per heavy atom. The Balaban J connectivity index is 0.000000380. The van der Waals surface area contributed by atoms with E-state index < -0.39 is 11.7 Å². The topological polar surface area (TPSA) is 187 Å². The molecule has 0 aliphatic carbocycles. The summed E-state index contributed by atoms with van der Waals surface area (Å²) in [6, 6.07) is 9.28. The molecule has 2 aromatic carbocycles. The summed E-state index contributed by atoms with van der Waals surface area (Å²) in [7, 11) is 5.72. The number of nitrogen functional groups attached to an aromatic ring is 2. The number of aromatic amines is 1. The number of hydrogen-bond acceptors (Lipinski definition) is 9. The van der Waals surface area contributed by atoms with E-state index in [1.165, 1.54) is 24.3 Å². The minimum atomic E-state index is -1.18. The molecule has 0 saturated carbocycles. The van der Waals surface area contributed by atoms with Crippen LogP contribution in [0.15, 0.2) is 42.6 Å². The van der Waals surface area contributed by atoms with E-state index in [1.54, 1.807) is 27.5 Å². The number of methoxy groups -OCH3 is 3. The van der Waals surface area contributed by atoms with Gasteiger partial charge in [0.15, 0.2) is 11.5 Å². The first-order valence-electron chi connectivity index (χ1n) is 9.46. The van der Waals surface area contributed by atoms with Gasteiger partial charge in [0.05, 0.1) is 33.1 Å². The fourth-order valence-electron chi connectivity index (χ4n) is 2.71. The molecule has 1 aromatic heterocycles. The second-order valence-electron chi connectivity index (χ2n) is 6.21.